The summed E-state index contributed by atoms with van der Waals surface area (Å²) in [5.74, 6) is 0. The number of hydrogen-bond acceptors (Lipinski definition) is 4. The second kappa shape index (κ2) is 6.37. The summed E-state index contributed by atoms with van der Waals surface area (Å²) in [5, 5.41) is 18.0. The van der Waals surface area contributed by atoms with E-state index in [1.54, 1.807) is 12.4 Å². The summed E-state index contributed by atoms with van der Waals surface area (Å²) in [5.41, 5.74) is 1.21. The van der Waals surface area contributed by atoms with Crippen LogP contribution in [0.5, 0.6) is 0 Å². The fourth-order valence-corrected chi connectivity index (χ4v) is 3.07. The van der Waals surface area contributed by atoms with Gasteiger partial charge in [-0.2, -0.15) is 5.10 Å². The Hall–Kier alpha value is -1.72. The van der Waals surface area contributed by atoms with Gasteiger partial charge < -0.3 is 10.4 Å². The fraction of sp³-hybridized carbons (Fsp3) is 0.500. The highest BCUT2D eigenvalue weighted by Gasteiger charge is 2.42. The number of aliphatic hydroxyl groups is 1. The van der Waals surface area contributed by atoms with Gasteiger partial charge in [-0.3, -0.25) is 9.67 Å². The van der Waals surface area contributed by atoms with Crippen molar-refractivity contribution in [2.45, 2.75) is 50.4 Å². The van der Waals surface area contributed by atoms with Crippen LogP contribution in [-0.4, -0.2) is 32.0 Å². The van der Waals surface area contributed by atoms with E-state index in [9.17, 15) is 5.11 Å². The van der Waals surface area contributed by atoms with E-state index in [-0.39, 0.29) is 24.2 Å². The van der Waals surface area contributed by atoms with Crippen LogP contribution in [0.2, 0.25) is 0 Å². The molecular formula is C16H22N4O. The second-order valence-corrected chi connectivity index (χ2v) is 5.68. The Morgan fingerprint density at radius 1 is 1.43 bits per heavy atom. The summed E-state index contributed by atoms with van der Waals surface area (Å²) in [6.45, 7) is 2.19. The van der Waals surface area contributed by atoms with Gasteiger partial charge in [-0.05, 0) is 30.5 Å². The van der Waals surface area contributed by atoms with Crippen LogP contribution < -0.4 is 5.32 Å². The third-order valence-corrected chi connectivity index (χ3v) is 4.21. The zero-order chi connectivity index (χ0) is 14.7. The minimum atomic E-state index is -0.321. The van der Waals surface area contributed by atoms with Crippen molar-refractivity contribution < 1.29 is 5.11 Å². The van der Waals surface area contributed by atoms with Crippen LogP contribution in [0.3, 0.4) is 0 Å². The maximum Gasteiger partial charge on any atom is 0.0932 e. The van der Waals surface area contributed by atoms with E-state index < -0.39 is 0 Å². The number of aromatic nitrogens is 3. The Labute approximate surface area is 125 Å². The summed E-state index contributed by atoms with van der Waals surface area (Å²) < 4.78 is 1.86. The molecule has 1 unspecified atom stereocenters. The summed E-state index contributed by atoms with van der Waals surface area (Å²) in [6.07, 6.45) is 10.0. The van der Waals surface area contributed by atoms with Crippen LogP contribution in [-0.2, 0) is 0 Å². The van der Waals surface area contributed by atoms with Gasteiger partial charge in [-0.15, -0.1) is 0 Å². The van der Waals surface area contributed by atoms with E-state index in [0.29, 0.717) is 0 Å². The van der Waals surface area contributed by atoms with Gasteiger partial charge in [0.25, 0.3) is 0 Å². The first-order valence-electron chi connectivity index (χ1n) is 7.62. The lowest BCUT2D eigenvalue weighted by atomic mass is 9.82. The Bertz CT molecular complexity index is 543. The van der Waals surface area contributed by atoms with Crippen LogP contribution >= 0.6 is 0 Å². The van der Waals surface area contributed by atoms with Gasteiger partial charge in [0.05, 0.1) is 12.1 Å². The van der Waals surface area contributed by atoms with Gasteiger partial charge in [0.2, 0.25) is 0 Å². The van der Waals surface area contributed by atoms with Gasteiger partial charge in [-0.1, -0.05) is 19.4 Å². The molecule has 112 valence electrons. The predicted molar refractivity (Wildman–Crippen MR) is 80.7 cm³/mol. The van der Waals surface area contributed by atoms with Crippen molar-refractivity contribution >= 4 is 0 Å². The lowest BCUT2D eigenvalue weighted by Gasteiger charge is -2.44. The molecule has 0 saturated heterocycles. The number of nitrogens with zero attached hydrogens (tertiary/aromatic N) is 3. The molecule has 1 fully saturated rings. The lowest BCUT2D eigenvalue weighted by molar-refractivity contribution is -0.0122. The SMILES string of the molecule is CCCC(N[C@H]1C[C@@H](O)[C@@H]1n1cccn1)c1cccnc1. The van der Waals surface area contributed by atoms with Crippen molar-refractivity contribution in [3.8, 4) is 0 Å². The molecule has 5 heteroatoms. The molecule has 1 aliphatic rings. The topological polar surface area (TPSA) is 63.0 Å². The molecule has 0 bridgehead atoms. The summed E-state index contributed by atoms with van der Waals surface area (Å²) in [7, 11) is 0. The third-order valence-electron chi connectivity index (χ3n) is 4.21. The van der Waals surface area contributed by atoms with Crippen LogP contribution in [0.15, 0.2) is 43.0 Å². The van der Waals surface area contributed by atoms with Crippen LogP contribution in [0.1, 0.15) is 43.8 Å². The zero-order valence-corrected chi connectivity index (χ0v) is 12.3. The molecule has 5 nitrogen and oxygen atoms in total. The smallest absolute Gasteiger partial charge is 0.0932 e. The number of nitrogens with one attached hydrogen (secondary N) is 1. The highest BCUT2D eigenvalue weighted by molar-refractivity contribution is 5.15. The first-order chi connectivity index (χ1) is 10.3. The molecule has 3 rings (SSSR count). The Balaban J connectivity index is 1.71. The van der Waals surface area contributed by atoms with Crippen molar-refractivity contribution in [2.75, 3.05) is 0 Å². The minimum absolute atomic E-state index is 0.0241. The molecule has 0 radical (unpaired) electrons. The number of rotatable bonds is 6. The molecule has 0 aliphatic heterocycles. The lowest BCUT2D eigenvalue weighted by Crippen LogP contribution is -2.55. The molecule has 2 N–H and O–H groups in total. The molecule has 21 heavy (non-hydrogen) atoms. The van der Waals surface area contributed by atoms with Gasteiger partial charge in [-0.25, -0.2) is 0 Å². The standard InChI is InChI=1S/C16H22N4O/c1-2-5-13(12-6-3-7-17-11-12)19-14-10-15(21)16(14)20-9-4-8-18-20/h3-4,6-9,11,13-16,19,21H,2,5,10H2,1H3/t13?,14-,15+,16+/m0/s1. The highest BCUT2D eigenvalue weighted by atomic mass is 16.3. The molecular weight excluding hydrogens is 264 g/mol. The van der Waals surface area contributed by atoms with Crippen molar-refractivity contribution in [3.63, 3.8) is 0 Å². The Morgan fingerprint density at radius 3 is 2.95 bits per heavy atom. The average molecular weight is 286 g/mol. The summed E-state index contributed by atoms with van der Waals surface area (Å²) in [4.78, 5) is 4.22. The second-order valence-electron chi connectivity index (χ2n) is 5.68. The highest BCUT2D eigenvalue weighted by Crippen LogP contribution is 2.34. The normalized spacial score (nSPS) is 26.3. The molecule has 2 aromatic heterocycles. The molecule has 0 amide bonds. The fourth-order valence-electron chi connectivity index (χ4n) is 3.07. The van der Waals surface area contributed by atoms with Gasteiger partial charge >= 0.3 is 0 Å². The van der Waals surface area contributed by atoms with Gasteiger partial charge in [0, 0.05) is 36.9 Å². The number of aliphatic hydroxyl groups excluding tert-OH is 1. The molecule has 0 spiro atoms. The van der Waals surface area contributed by atoms with Crippen LogP contribution in [0.4, 0.5) is 0 Å². The van der Waals surface area contributed by atoms with Crippen molar-refractivity contribution in [2.24, 2.45) is 0 Å². The quantitative estimate of drug-likeness (QED) is 0.853. The van der Waals surface area contributed by atoms with E-state index in [0.717, 1.165) is 19.3 Å². The average Bonchev–Trinajstić information content (AvgIpc) is 3.00. The van der Waals surface area contributed by atoms with E-state index in [1.807, 2.05) is 29.2 Å². The number of hydrogen-bond donors (Lipinski definition) is 2. The van der Waals surface area contributed by atoms with E-state index in [4.69, 9.17) is 0 Å². The van der Waals surface area contributed by atoms with Gasteiger partial charge in [0.15, 0.2) is 0 Å². The molecule has 4 atom stereocenters. The maximum absolute atomic E-state index is 10.1. The maximum atomic E-state index is 10.1. The molecule has 2 aromatic rings. The largest absolute Gasteiger partial charge is 0.391 e. The monoisotopic (exact) mass is 286 g/mol. The van der Waals surface area contributed by atoms with E-state index >= 15 is 0 Å². The molecule has 2 heterocycles. The molecule has 1 aliphatic carbocycles. The Kier molecular flexibility index (Phi) is 4.31. The first-order valence-corrected chi connectivity index (χ1v) is 7.62. The van der Waals surface area contributed by atoms with E-state index in [2.05, 4.69) is 28.4 Å². The van der Waals surface area contributed by atoms with Crippen molar-refractivity contribution in [3.05, 3.63) is 48.5 Å². The molecule has 0 aromatic carbocycles. The Morgan fingerprint density at radius 2 is 2.33 bits per heavy atom. The van der Waals surface area contributed by atoms with Crippen LogP contribution in [0, 0.1) is 0 Å². The first kappa shape index (κ1) is 14.2. The molecule has 1 saturated carbocycles. The zero-order valence-electron chi connectivity index (χ0n) is 12.3. The minimum Gasteiger partial charge on any atom is -0.391 e. The van der Waals surface area contributed by atoms with Gasteiger partial charge in [0.1, 0.15) is 0 Å². The summed E-state index contributed by atoms with van der Waals surface area (Å²) in [6, 6.07) is 6.53. The van der Waals surface area contributed by atoms with Crippen LogP contribution in [0.25, 0.3) is 0 Å². The summed E-state index contributed by atoms with van der Waals surface area (Å²) >= 11 is 0. The predicted octanol–water partition coefficient (Wildman–Crippen LogP) is 2.08. The number of pyridine rings is 1. The van der Waals surface area contributed by atoms with Crippen molar-refractivity contribution in [1.82, 2.24) is 20.1 Å². The third kappa shape index (κ3) is 2.99. The van der Waals surface area contributed by atoms with Crippen molar-refractivity contribution in [1.29, 1.82) is 0 Å². The van der Waals surface area contributed by atoms with E-state index in [1.165, 1.54) is 5.56 Å².